The van der Waals surface area contributed by atoms with E-state index in [-0.39, 0.29) is 29.4 Å². The van der Waals surface area contributed by atoms with Crippen LogP contribution in [0.1, 0.15) is 16.8 Å². The van der Waals surface area contributed by atoms with Crippen LogP contribution in [0.3, 0.4) is 0 Å². The van der Waals surface area contributed by atoms with Crippen molar-refractivity contribution in [2.24, 2.45) is 0 Å². The lowest BCUT2D eigenvalue weighted by Gasteiger charge is -2.15. The molecule has 0 bridgehead atoms. The van der Waals surface area contributed by atoms with Crippen LogP contribution in [0.15, 0.2) is 64.4 Å². The van der Waals surface area contributed by atoms with E-state index >= 15 is 0 Å². The van der Waals surface area contributed by atoms with Crippen LogP contribution in [-0.4, -0.2) is 17.6 Å². The number of halogens is 1. The van der Waals surface area contributed by atoms with Crippen molar-refractivity contribution >= 4 is 23.4 Å². The van der Waals surface area contributed by atoms with Crippen molar-refractivity contribution in [3.05, 3.63) is 87.6 Å². The summed E-state index contributed by atoms with van der Waals surface area (Å²) in [6.07, 6.45) is 1.55. The number of nitrogens with one attached hydrogen (secondary N) is 1. The van der Waals surface area contributed by atoms with Gasteiger partial charge in [-0.3, -0.25) is 9.59 Å². The van der Waals surface area contributed by atoms with Crippen molar-refractivity contribution in [2.75, 3.05) is 12.4 Å². The number of carbonyl (C=O) groups excluding carboxylic acids is 1. The van der Waals surface area contributed by atoms with Crippen molar-refractivity contribution in [1.29, 1.82) is 0 Å². The normalized spacial score (nSPS) is 10.7. The lowest BCUT2D eigenvalue weighted by Crippen LogP contribution is -2.22. The summed E-state index contributed by atoms with van der Waals surface area (Å²) >= 11 is 1.45. The number of ether oxygens (including phenoxy) is 1. The van der Waals surface area contributed by atoms with Crippen LogP contribution in [0.5, 0.6) is 5.75 Å². The molecule has 3 rings (SSSR count). The van der Waals surface area contributed by atoms with Crippen molar-refractivity contribution < 1.29 is 13.9 Å². The average molecular weight is 427 g/mol. The third-order valence-electron chi connectivity index (χ3n) is 4.42. The van der Waals surface area contributed by atoms with Gasteiger partial charge in [0.25, 0.3) is 0 Å². The molecule has 1 heterocycles. The highest BCUT2D eigenvalue weighted by Gasteiger charge is 2.12. The second kappa shape index (κ2) is 9.63. The van der Waals surface area contributed by atoms with Crippen LogP contribution in [0.25, 0.3) is 0 Å². The molecule has 7 heteroatoms. The zero-order chi connectivity index (χ0) is 21.7. The molecule has 0 saturated carbocycles. The van der Waals surface area contributed by atoms with E-state index in [1.165, 1.54) is 37.1 Å². The fourth-order valence-corrected chi connectivity index (χ4v) is 4.00. The van der Waals surface area contributed by atoms with Gasteiger partial charge in [-0.15, -0.1) is 11.8 Å². The summed E-state index contributed by atoms with van der Waals surface area (Å²) in [7, 11) is 1.42. The van der Waals surface area contributed by atoms with Gasteiger partial charge >= 0.3 is 0 Å². The van der Waals surface area contributed by atoms with Crippen molar-refractivity contribution in [2.45, 2.75) is 31.0 Å². The van der Waals surface area contributed by atoms with Crippen molar-refractivity contribution in [3.63, 3.8) is 0 Å². The summed E-state index contributed by atoms with van der Waals surface area (Å²) in [5.74, 6) is 0.106. The van der Waals surface area contributed by atoms with Crippen molar-refractivity contribution in [1.82, 2.24) is 4.57 Å². The predicted octanol–water partition coefficient (Wildman–Crippen LogP) is 4.54. The molecule has 0 aliphatic carbocycles. The van der Waals surface area contributed by atoms with Crippen LogP contribution in [0, 0.1) is 19.7 Å². The first-order valence-electron chi connectivity index (χ1n) is 9.38. The van der Waals surface area contributed by atoms with Gasteiger partial charge in [0.15, 0.2) is 5.75 Å². The number of amides is 1. The molecule has 0 fully saturated rings. The third-order valence-corrected chi connectivity index (χ3v) is 5.47. The summed E-state index contributed by atoms with van der Waals surface area (Å²) in [6, 6.07) is 13.5. The molecule has 0 atom stereocenters. The van der Waals surface area contributed by atoms with Crippen LogP contribution in [-0.2, 0) is 17.1 Å². The molecule has 3 aromatic rings. The van der Waals surface area contributed by atoms with Crippen LogP contribution < -0.4 is 15.5 Å². The van der Waals surface area contributed by atoms with E-state index in [9.17, 15) is 14.0 Å². The van der Waals surface area contributed by atoms with Gasteiger partial charge in [-0.1, -0.05) is 6.07 Å². The minimum absolute atomic E-state index is 0.0307. The first-order chi connectivity index (χ1) is 14.3. The van der Waals surface area contributed by atoms with E-state index in [0.717, 1.165) is 21.7 Å². The molecular formula is C23H23FN2O3S. The second-order valence-electron chi connectivity index (χ2n) is 6.99. The van der Waals surface area contributed by atoms with Gasteiger partial charge in [-0.2, -0.15) is 0 Å². The molecule has 1 amide bonds. The van der Waals surface area contributed by atoms with Gasteiger partial charge in [-0.05, 0) is 61.4 Å². The van der Waals surface area contributed by atoms with Crippen LogP contribution >= 0.6 is 11.8 Å². The highest BCUT2D eigenvalue weighted by Crippen LogP contribution is 2.23. The number of hydrogen-bond donors (Lipinski definition) is 1. The SMILES string of the molecule is COc1cn(CC(=O)Nc2cc(C)cc(C)c2)c(CSc2ccc(F)cc2)cc1=O. The fourth-order valence-electron chi connectivity index (χ4n) is 3.11. The summed E-state index contributed by atoms with van der Waals surface area (Å²) in [4.78, 5) is 25.8. The van der Waals surface area contributed by atoms with Gasteiger partial charge in [0.2, 0.25) is 11.3 Å². The average Bonchev–Trinajstić information content (AvgIpc) is 2.68. The number of nitrogens with zero attached hydrogens (tertiary/aromatic N) is 1. The maximum atomic E-state index is 13.1. The Kier molecular flexibility index (Phi) is 6.95. The molecule has 0 aliphatic rings. The Morgan fingerprint density at radius 3 is 2.40 bits per heavy atom. The first-order valence-corrected chi connectivity index (χ1v) is 10.4. The second-order valence-corrected chi connectivity index (χ2v) is 8.04. The zero-order valence-corrected chi connectivity index (χ0v) is 17.9. The number of pyridine rings is 1. The summed E-state index contributed by atoms with van der Waals surface area (Å²) in [5, 5.41) is 2.90. The Bertz CT molecular complexity index is 1090. The molecule has 1 aromatic heterocycles. The molecule has 2 aromatic carbocycles. The molecule has 0 radical (unpaired) electrons. The Hall–Kier alpha value is -3.06. The number of hydrogen-bond acceptors (Lipinski definition) is 4. The molecule has 5 nitrogen and oxygen atoms in total. The molecule has 0 unspecified atom stereocenters. The Morgan fingerprint density at radius 1 is 1.10 bits per heavy atom. The lowest BCUT2D eigenvalue weighted by atomic mass is 10.1. The van der Waals surface area contributed by atoms with Gasteiger partial charge < -0.3 is 14.6 Å². The Balaban J connectivity index is 1.79. The number of aromatic nitrogens is 1. The minimum Gasteiger partial charge on any atom is -0.491 e. The first kappa shape index (κ1) is 21.6. The summed E-state index contributed by atoms with van der Waals surface area (Å²) < 4.78 is 19.9. The quantitative estimate of drug-likeness (QED) is 0.564. The van der Waals surface area contributed by atoms with Crippen molar-refractivity contribution in [3.8, 4) is 5.75 Å². The Morgan fingerprint density at radius 2 is 1.77 bits per heavy atom. The number of benzene rings is 2. The maximum absolute atomic E-state index is 13.1. The number of methoxy groups -OCH3 is 1. The van der Waals surface area contributed by atoms with Gasteiger partial charge in [0.1, 0.15) is 12.4 Å². The molecule has 30 heavy (non-hydrogen) atoms. The van der Waals surface area contributed by atoms with E-state index in [2.05, 4.69) is 5.32 Å². The molecular weight excluding hydrogens is 403 g/mol. The molecule has 0 saturated heterocycles. The van der Waals surface area contributed by atoms with Gasteiger partial charge in [0, 0.05) is 28.1 Å². The number of anilines is 1. The van der Waals surface area contributed by atoms with E-state index in [1.54, 1.807) is 22.9 Å². The molecule has 0 spiro atoms. The highest BCUT2D eigenvalue weighted by atomic mass is 32.2. The highest BCUT2D eigenvalue weighted by molar-refractivity contribution is 7.98. The topological polar surface area (TPSA) is 60.3 Å². The number of rotatable bonds is 7. The lowest BCUT2D eigenvalue weighted by molar-refractivity contribution is -0.116. The van der Waals surface area contributed by atoms with Crippen LogP contribution in [0.4, 0.5) is 10.1 Å². The van der Waals surface area contributed by atoms with E-state index in [0.29, 0.717) is 11.4 Å². The third kappa shape index (κ3) is 5.73. The van der Waals surface area contributed by atoms with Gasteiger partial charge in [0.05, 0.1) is 13.3 Å². The monoisotopic (exact) mass is 426 g/mol. The predicted molar refractivity (Wildman–Crippen MR) is 118 cm³/mol. The number of carbonyl (C=O) groups is 1. The van der Waals surface area contributed by atoms with Crippen LogP contribution in [0.2, 0.25) is 0 Å². The van der Waals surface area contributed by atoms with Gasteiger partial charge in [-0.25, -0.2) is 4.39 Å². The molecule has 156 valence electrons. The maximum Gasteiger partial charge on any atom is 0.244 e. The largest absolute Gasteiger partial charge is 0.491 e. The number of aryl methyl sites for hydroxylation is 2. The standard InChI is InChI=1S/C23H23FN2O3S/c1-15-8-16(2)10-18(9-15)25-23(28)13-26-12-22(29-3)21(27)11-19(26)14-30-20-6-4-17(24)5-7-20/h4-12H,13-14H2,1-3H3,(H,25,28). The van der Waals surface area contributed by atoms with E-state index in [4.69, 9.17) is 4.74 Å². The summed E-state index contributed by atoms with van der Waals surface area (Å²) in [6.45, 7) is 3.98. The van der Waals surface area contributed by atoms with E-state index in [1.807, 2.05) is 32.0 Å². The van der Waals surface area contributed by atoms with E-state index < -0.39 is 0 Å². The molecule has 1 N–H and O–H groups in total. The smallest absolute Gasteiger partial charge is 0.244 e. The number of thioether (sulfide) groups is 1. The zero-order valence-electron chi connectivity index (χ0n) is 17.1. The minimum atomic E-state index is -0.302. The molecule has 0 aliphatic heterocycles. The fraction of sp³-hybridized carbons (Fsp3) is 0.217. The summed E-state index contributed by atoms with van der Waals surface area (Å²) in [5.41, 5.74) is 3.27. The Labute approximate surface area is 178 Å².